The third-order valence-corrected chi connectivity index (χ3v) is 4.36. The molecule has 0 saturated heterocycles. The molecular formula is C21H19N3O8. The summed E-state index contributed by atoms with van der Waals surface area (Å²) in [5.74, 6) is 0.310. The maximum absolute atomic E-state index is 12.5. The zero-order valence-electron chi connectivity index (χ0n) is 17.2. The molecule has 0 aliphatic heterocycles. The fourth-order valence-corrected chi connectivity index (χ4v) is 2.86. The van der Waals surface area contributed by atoms with Crippen molar-refractivity contribution in [1.82, 2.24) is 0 Å². The van der Waals surface area contributed by atoms with E-state index in [4.69, 9.17) is 13.9 Å². The van der Waals surface area contributed by atoms with Crippen molar-refractivity contribution < 1.29 is 28.5 Å². The number of amides is 1. The number of nitro benzene ring substituents is 2. The maximum Gasteiger partial charge on any atom is 0.296 e. The van der Waals surface area contributed by atoms with Gasteiger partial charge in [0.15, 0.2) is 5.76 Å². The smallest absolute Gasteiger partial charge is 0.296 e. The molecule has 166 valence electrons. The van der Waals surface area contributed by atoms with E-state index in [1.165, 1.54) is 48.5 Å². The molecule has 11 nitrogen and oxygen atoms in total. The first-order valence-corrected chi connectivity index (χ1v) is 9.47. The number of furan rings is 1. The molecule has 0 saturated carbocycles. The van der Waals surface area contributed by atoms with Gasteiger partial charge < -0.3 is 19.2 Å². The van der Waals surface area contributed by atoms with E-state index in [1.54, 1.807) is 13.8 Å². The van der Waals surface area contributed by atoms with E-state index in [0.717, 1.165) is 0 Å². The van der Waals surface area contributed by atoms with Gasteiger partial charge in [0.25, 0.3) is 17.3 Å². The molecule has 1 heterocycles. The van der Waals surface area contributed by atoms with E-state index in [1.807, 2.05) is 0 Å². The molecule has 1 aromatic heterocycles. The second-order valence-corrected chi connectivity index (χ2v) is 6.58. The number of nitro groups is 2. The van der Waals surface area contributed by atoms with Crippen LogP contribution >= 0.6 is 0 Å². The Labute approximate surface area is 181 Å². The average Bonchev–Trinajstić information content (AvgIpc) is 3.22. The van der Waals surface area contributed by atoms with Crippen molar-refractivity contribution in [3.63, 3.8) is 0 Å². The molecule has 0 aliphatic rings. The summed E-state index contributed by atoms with van der Waals surface area (Å²) in [6, 6.07) is 11.4. The Hall–Kier alpha value is -4.41. The Morgan fingerprint density at radius 2 is 1.66 bits per heavy atom. The highest BCUT2D eigenvalue weighted by atomic mass is 16.6. The van der Waals surface area contributed by atoms with E-state index < -0.39 is 15.8 Å². The number of benzene rings is 2. The van der Waals surface area contributed by atoms with Gasteiger partial charge in [-0.1, -0.05) is 0 Å². The molecule has 3 rings (SSSR count). The topological polar surface area (TPSA) is 147 Å². The van der Waals surface area contributed by atoms with Crippen LogP contribution in [0.3, 0.4) is 0 Å². The summed E-state index contributed by atoms with van der Waals surface area (Å²) >= 11 is 0. The normalized spacial score (nSPS) is 10.4. The molecule has 0 aliphatic carbocycles. The molecule has 0 fully saturated rings. The minimum atomic E-state index is -0.672. The summed E-state index contributed by atoms with van der Waals surface area (Å²) < 4.78 is 16.3. The number of ether oxygens (including phenoxy) is 2. The second kappa shape index (κ2) is 9.60. The fraction of sp³-hybridized carbons (Fsp3) is 0.190. The number of nitrogens with zero attached hydrogens (tertiary/aromatic N) is 2. The van der Waals surface area contributed by atoms with Crippen LogP contribution in [0.25, 0.3) is 0 Å². The van der Waals surface area contributed by atoms with E-state index in [2.05, 4.69) is 5.32 Å². The first kappa shape index (κ1) is 22.3. The number of carbonyl (C=O) groups excluding carboxylic acids is 1. The zero-order valence-corrected chi connectivity index (χ0v) is 17.2. The summed E-state index contributed by atoms with van der Waals surface area (Å²) in [4.78, 5) is 33.6. The summed E-state index contributed by atoms with van der Waals surface area (Å²) in [7, 11) is 0. The monoisotopic (exact) mass is 441 g/mol. The van der Waals surface area contributed by atoms with E-state index >= 15 is 0 Å². The van der Waals surface area contributed by atoms with Gasteiger partial charge in [-0.15, -0.1) is 0 Å². The van der Waals surface area contributed by atoms with Crippen molar-refractivity contribution >= 4 is 23.0 Å². The van der Waals surface area contributed by atoms with Crippen molar-refractivity contribution in [3.05, 3.63) is 85.8 Å². The molecule has 0 radical (unpaired) electrons. The first-order valence-electron chi connectivity index (χ1n) is 9.47. The SMILES string of the molecule is CCOc1ccc(NC(=O)c2ccc(COc3ccc([N+](=O)[O-])c(C)c3)o2)c([N+](=O)[O-])c1. The lowest BCUT2D eigenvalue weighted by Crippen LogP contribution is -2.12. The van der Waals surface area contributed by atoms with Crippen LogP contribution in [0.2, 0.25) is 0 Å². The number of anilines is 1. The van der Waals surface area contributed by atoms with Gasteiger partial charge >= 0.3 is 0 Å². The first-order chi connectivity index (χ1) is 15.3. The summed E-state index contributed by atoms with van der Waals surface area (Å²) in [5.41, 5.74) is 0.119. The number of hydrogen-bond donors (Lipinski definition) is 1. The lowest BCUT2D eigenvalue weighted by Gasteiger charge is -2.07. The highest BCUT2D eigenvalue weighted by molar-refractivity contribution is 6.03. The summed E-state index contributed by atoms with van der Waals surface area (Å²) in [6.45, 7) is 3.68. The third kappa shape index (κ3) is 5.19. The van der Waals surface area contributed by atoms with Crippen LogP contribution < -0.4 is 14.8 Å². The van der Waals surface area contributed by atoms with Gasteiger partial charge in [0, 0.05) is 11.6 Å². The zero-order chi connectivity index (χ0) is 23.3. The molecule has 3 aromatic rings. The van der Waals surface area contributed by atoms with Gasteiger partial charge in [-0.3, -0.25) is 25.0 Å². The van der Waals surface area contributed by atoms with Crippen LogP contribution in [-0.2, 0) is 6.61 Å². The van der Waals surface area contributed by atoms with Crippen LogP contribution in [0.4, 0.5) is 17.1 Å². The minimum Gasteiger partial charge on any atom is -0.494 e. The Morgan fingerprint density at radius 3 is 2.31 bits per heavy atom. The van der Waals surface area contributed by atoms with Gasteiger partial charge in [-0.05, 0) is 50.2 Å². The molecule has 1 N–H and O–H groups in total. The minimum absolute atomic E-state index is 0.000918. The van der Waals surface area contributed by atoms with Crippen molar-refractivity contribution in [2.75, 3.05) is 11.9 Å². The summed E-state index contributed by atoms with van der Waals surface area (Å²) in [5, 5.41) is 24.7. The number of aryl methyl sites for hydroxylation is 1. The van der Waals surface area contributed by atoms with Crippen LogP contribution in [0, 0.1) is 27.2 Å². The van der Waals surface area contributed by atoms with Crippen molar-refractivity contribution in [1.29, 1.82) is 0 Å². The maximum atomic E-state index is 12.5. The molecule has 0 bridgehead atoms. The Kier molecular flexibility index (Phi) is 6.68. The van der Waals surface area contributed by atoms with Crippen molar-refractivity contribution in [2.45, 2.75) is 20.5 Å². The van der Waals surface area contributed by atoms with Gasteiger partial charge in [0.05, 0.1) is 22.5 Å². The van der Waals surface area contributed by atoms with Crippen molar-refractivity contribution in [3.8, 4) is 11.5 Å². The van der Waals surface area contributed by atoms with Gasteiger partial charge in [0.2, 0.25) is 0 Å². The van der Waals surface area contributed by atoms with E-state index in [-0.39, 0.29) is 29.4 Å². The van der Waals surface area contributed by atoms with E-state index in [0.29, 0.717) is 29.4 Å². The Bertz CT molecular complexity index is 1170. The molecule has 0 spiro atoms. The number of hydrogen-bond acceptors (Lipinski definition) is 8. The molecule has 2 aromatic carbocycles. The number of rotatable bonds is 9. The van der Waals surface area contributed by atoms with Gasteiger partial charge in [-0.25, -0.2) is 0 Å². The second-order valence-electron chi connectivity index (χ2n) is 6.58. The fourth-order valence-electron chi connectivity index (χ4n) is 2.86. The average molecular weight is 441 g/mol. The van der Waals surface area contributed by atoms with Crippen molar-refractivity contribution in [2.24, 2.45) is 0 Å². The molecule has 11 heteroatoms. The van der Waals surface area contributed by atoms with Crippen LogP contribution in [0.5, 0.6) is 11.5 Å². The number of nitrogens with one attached hydrogen (secondary N) is 1. The molecule has 1 amide bonds. The molecule has 32 heavy (non-hydrogen) atoms. The van der Waals surface area contributed by atoms with Crippen LogP contribution in [0.1, 0.15) is 28.8 Å². The highest BCUT2D eigenvalue weighted by Gasteiger charge is 2.20. The molecular weight excluding hydrogens is 422 g/mol. The van der Waals surface area contributed by atoms with Gasteiger partial charge in [-0.2, -0.15) is 0 Å². The predicted octanol–water partition coefficient (Wildman–Crippen LogP) is 4.63. The standard InChI is InChI=1S/C21H19N3O8/c1-3-30-15-4-7-17(19(11-15)24(28)29)22-21(25)20-9-6-16(32-20)12-31-14-5-8-18(23(26)27)13(2)10-14/h4-11H,3,12H2,1-2H3,(H,22,25). The quantitative estimate of drug-likeness (QED) is 0.373. The highest BCUT2D eigenvalue weighted by Crippen LogP contribution is 2.30. The van der Waals surface area contributed by atoms with Crippen LogP contribution in [0.15, 0.2) is 52.9 Å². The Morgan fingerprint density at radius 1 is 0.969 bits per heavy atom. The van der Waals surface area contributed by atoms with Gasteiger partial charge in [0.1, 0.15) is 29.6 Å². The molecule has 0 unspecified atom stereocenters. The Balaban J connectivity index is 1.67. The lowest BCUT2D eigenvalue weighted by molar-refractivity contribution is -0.385. The van der Waals surface area contributed by atoms with E-state index in [9.17, 15) is 25.0 Å². The lowest BCUT2D eigenvalue weighted by atomic mass is 10.2. The summed E-state index contributed by atoms with van der Waals surface area (Å²) in [6.07, 6.45) is 0. The largest absolute Gasteiger partial charge is 0.494 e. The number of carbonyl (C=O) groups is 1. The molecule has 0 atom stereocenters. The predicted molar refractivity (Wildman–Crippen MR) is 113 cm³/mol. The third-order valence-electron chi connectivity index (χ3n) is 4.36. The van der Waals surface area contributed by atoms with Crippen LogP contribution in [-0.4, -0.2) is 22.4 Å².